The maximum Gasteiger partial charge on any atom is 0.169 e. The molecule has 3 aliphatic heterocycles. The third-order valence-corrected chi connectivity index (χ3v) is 4.86. The molecule has 3 aliphatic rings. The number of piperidine rings is 1. The standard InChI is InChI=1S/C19H25N5O/c1-12-5-14(20)11-23(9-12)15-3-4-22-8-17(15)24-10-13(2)6-18-16(24)7-19(21)25-18/h3-4,6-8,10,12,14,19H,5,9,11,20-21H2,1-2H3. The fraction of sp³-hybridized carbons (Fsp3) is 0.421. The Balaban J connectivity index is 1.74. The minimum Gasteiger partial charge on any atom is -0.470 e. The Kier molecular flexibility index (Phi) is 4.01. The van der Waals surface area contributed by atoms with Gasteiger partial charge >= 0.3 is 0 Å². The minimum absolute atomic E-state index is 0.196. The van der Waals surface area contributed by atoms with Gasteiger partial charge in [-0.3, -0.25) is 10.7 Å². The number of nitrogens with zero attached hydrogens (tertiary/aromatic N) is 3. The second-order valence-electron chi connectivity index (χ2n) is 7.26. The van der Waals surface area contributed by atoms with Crippen LogP contribution >= 0.6 is 0 Å². The minimum atomic E-state index is -0.411. The van der Waals surface area contributed by atoms with Crippen molar-refractivity contribution in [1.29, 1.82) is 0 Å². The third kappa shape index (κ3) is 3.03. The van der Waals surface area contributed by atoms with Crippen molar-refractivity contribution < 1.29 is 4.74 Å². The van der Waals surface area contributed by atoms with Crippen LogP contribution in [0.5, 0.6) is 0 Å². The molecule has 3 atom stereocenters. The number of hydrogen-bond donors (Lipinski definition) is 2. The van der Waals surface area contributed by atoms with E-state index in [0.717, 1.165) is 47.9 Å². The monoisotopic (exact) mass is 339 g/mol. The molecule has 0 saturated carbocycles. The van der Waals surface area contributed by atoms with Crippen molar-refractivity contribution in [1.82, 2.24) is 4.98 Å². The van der Waals surface area contributed by atoms with Gasteiger partial charge in [-0.05, 0) is 43.1 Å². The zero-order chi connectivity index (χ0) is 17.6. The number of nitrogens with two attached hydrogens (primary N) is 2. The summed E-state index contributed by atoms with van der Waals surface area (Å²) >= 11 is 0. The van der Waals surface area contributed by atoms with Crippen LogP contribution in [0.2, 0.25) is 0 Å². The van der Waals surface area contributed by atoms with E-state index in [1.807, 2.05) is 24.5 Å². The van der Waals surface area contributed by atoms with Crippen molar-refractivity contribution >= 4 is 11.4 Å². The Labute approximate surface area is 148 Å². The zero-order valence-corrected chi connectivity index (χ0v) is 14.7. The number of hydrogen-bond acceptors (Lipinski definition) is 6. The summed E-state index contributed by atoms with van der Waals surface area (Å²) < 4.78 is 5.72. The fourth-order valence-corrected chi connectivity index (χ4v) is 3.93. The Morgan fingerprint density at radius 2 is 2.08 bits per heavy atom. The molecule has 1 fully saturated rings. The number of anilines is 2. The number of allylic oxidation sites excluding steroid dienone is 2. The predicted octanol–water partition coefficient (Wildman–Crippen LogP) is 2.06. The molecule has 6 heteroatoms. The summed E-state index contributed by atoms with van der Waals surface area (Å²) in [4.78, 5) is 8.86. The van der Waals surface area contributed by atoms with Gasteiger partial charge in [0.15, 0.2) is 6.23 Å². The number of pyridine rings is 1. The van der Waals surface area contributed by atoms with Gasteiger partial charge in [0, 0.05) is 31.5 Å². The van der Waals surface area contributed by atoms with Gasteiger partial charge in [-0.25, -0.2) is 0 Å². The molecule has 1 aromatic heterocycles. The quantitative estimate of drug-likeness (QED) is 0.858. The molecule has 3 unspecified atom stereocenters. The van der Waals surface area contributed by atoms with Gasteiger partial charge in [0.05, 0.1) is 23.3 Å². The highest BCUT2D eigenvalue weighted by Crippen LogP contribution is 2.39. The van der Waals surface area contributed by atoms with E-state index in [4.69, 9.17) is 16.2 Å². The van der Waals surface area contributed by atoms with Gasteiger partial charge in [0.2, 0.25) is 0 Å². The summed E-state index contributed by atoms with van der Waals surface area (Å²) in [6.45, 7) is 6.17. The molecule has 4 rings (SSSR count). The molecule has 0 aliphatic carbocycles. The van der Waals surface area contributed by atoms with E-state index in [9.17, 15) is 0 Å². The van der Waals surface area contributed by atoms with Gasteiger partial charge in [-0.2, -0.15) is 0 Å². The average molecular weight is 339 g/mol. The second-order valence-corrected chi connectivity index (χ2v) is 7.26. The lowest BCUT2D eigenvalue weighted by Crippen LogP contribution is -2.46. The molecular formula is C19H25N5O. The first-order chi connectivity index (χ1) is 12.0. The van der Waals surface area contributed by atoms with E-state index < -0.39 is 6.23 Å². The maximum atomic E-state index is 6.27. The fourth-order valence-electron chi connectivity index (χ4n) is 3.93. The highest BCUT2D eigenvalue weighted by molar-refractivity contribution is 5.76. The van der Waals surface area contributed by atoms with Gasteiger partial charge in [0.25, 0.3) is 0 Å². The van der Waals surface area contributed by atoms with Crippen molar-refractivity contribution in [3.8, 4) is 0 Å². The van der Waals surface area contributed by atoms with Gasteiger partial charge in [-0.15, -0.1) is 0 Å². The number of aromatic nitrogens is 1. The van der Waals surface area contributed by atoms with Crippen molar-refractivity contribution in [3.63, 3.8) is 0 Å². The Morgan fingerprint density at radius 3 is 2.88 bits per heavy atom. The molecule has 0 bridgehead atoms. The van der Waals surface area contributed by atoms with Crippen LogP contribution in [0.25, 0.3) is 0 Å². The van der Waals surface area contributed by atoms with Crippen molar-refractivity contribution in [2.75, 3.05) is 22.9 Å². The lowest BCUT2D eigenvalue weighted by Gasteiger charge is -2.38. The van der Waals surface area contributed by atoms with Crippen LogP contribution in [-0.2, 0) is 4.74 Å². The van der Waals surface area contributed by atoms with Gasteiger partial charge in [0.1, 0.15) is 5.76 Å². The maximum absolute atomic E-state index is 6.27. The van der Waals surface area contributed by atoms with Crippen LogP contribution in [-0.4, -0.2) is 30.3 Å². The van der Waals surface area contributed by atoms with Crippen LogP contribution in [0, 0.1) is 5.92 Å². The molecule has 0 aromatic carbocycles. The first kappa shape index (κ1) is 16.2. The SMILES string of the molecule is CC1=CN(c2cnccc2N2CC(C)CC(N)C2)C2=CC(N)OC2=C1. The molecule has 0 radical (unpaired) electrons. The van der Waals surface area contributed by atoms with E-state index in [0.29, 0.717) is 5.92 Å². The van der Waals surface area contributed by atoms with Crippen molar-refractivity contribution in [3.05, 3.63) is 53.8 Å². The smallest absolute Gasteiger partial charge is 0.169 e. The first-order valence-electron chi connectivity index (χ1n) is 8.79. The summed E-state index contributed by atoms with van der Waals surface area (Å²) in [5, 5.41) is 0. The molecule has 132 valence electrons. The topological polar surface area (TPSA) is 80.6 Å². The molecule has 4 N–H and O–H groups in total. The lowest BCUT2D eigenvalue weighted by molar-refractivity contribution is 0.186. The Morgan fingerprint density at radius 1 is 1.24 bits per heavy atom. The molecule has 0 spiro atoms. The Hall–Kier alpha value is -2.31. The second kappa shape index (κ2) is 6.20. The van der Waals surface area contributed by atoms with Gasteiger partial charge < -0.3 is 20.3 Å². The number of ether oxygens (including phenoxy) is 1. The van der Waals surface area contributed by atoms with Crippen molar-refractivity contribution in [2.45, 2.75) is 32.5 Å². The molecule has 6 nitrogen and oxygen atoms in total. The summed E-state index contributed by atoms with van der Waals surface area (Å²) in [6, 6.07) is 2.26. The molecule has 25 heavy (non-hydrogen) atoms. The number of rotatable bonds is 2. The van der Waals surface area contributed by atoms with Crippen LogP contribution in [0.4, 0.5) is 11.4 Å². The zero-order valence-electron chi connectivity index (χ0n) is 14.7. The highest BCUT2D eigenvalue weighted by atomic mass is 16.5. The Bertz CT molecular complexity index is 759. The predicted molar refractivity (Wildman–Crippen MR) is 99.7 cm³/mol. The first-order valence-corrected chi connectivity index (χ1v) is 8.79. The summed E-state index contributed by atoms with van der Waals surface area (Å²) in [5.41, 5.74) is 16.5. The van der Waals surface area contributed by atoms with Crippen LogP contribution in [0.1, 0.15) is 20.3 Å². The van der Waals surface area contributed by atoms with Crippen LogP contribution in [0.3, 0.4) is 0 Å². The van der Waals surface area contributed by atoms with E-state index in [1.54, 1.807) is 0 Å². The third-order valence-electron chi connectivity index (χ3n) is 4.86. The van der Waals surface area contributed by atoms with Gasteiger partial charge in [-0.1, -0.05) is 6.92 Å². The molecule has 1 aromatic rings. The van der Waals surface area contributed by atoms with Crippen LogP contribution < -0.4 is 21.3 Å². The molecule has 1 saturated heterocycles. The van der Waals surface area contributed by atoms with Crippen molar-refractivity contribution in [2.24, 2.45) is 17.4 Å². The number of fused-ring (bicyclic) bond motifs is 1. The average Bonchev–Trinajstić information content (AvgIpc) is 2.93. The van der Waals surface area contributed by atoms with E-state index in [1.165, 1.54) is 0 Å². The molecule has 0 amide bonds. The van der Waals surface area contributed by atoms with Crippen LogP contribution in [0.15, 0.2) is 53.8 Å². The largest absolute Gasteiger partial charge is 0.470 e. The van der Waals surface area contributed by atoms with E-state index >= 15 is 0 Å². The summed E-state index contributed by atoms with van der Waals surface area (Å²) in [5.74, 6) is 1.38. The molecular weight excluding hydrogens is 314 g/mol. The normalized spacial score (nSPS) is 28.8. The molecule has 4 heterocycles. The highest BCUT2D eigenvalue weighted by Gasteiger charge is 2.31. The summed E-state index contributed by atoms with van der Waals surface area (Å²) in [6.07, 6.45) is 10.5. The lowest BCUT2D eigenvalue weighted by atomic mass is 9.96. The van der Waals surface area contributed by atoms with E-state index in [-0.39, 0.29) is 6.04 Å². The van der Waals surface area contributed by atoms with E-state index in [2.05, 4.69) is 40.9 Å². The summed E-state index contributed by atoms with van der Waals surface area (Å²) in [7, 11) is 0.